The predicted molar refractivity (Wildman–Crippen MR) is 123 cm³/mol. The second-order valence-corrected chi connectivity index (χ2v) is 10.6. The van der Waals surface area contributed by atoms with Gasteiger partial charge in [-0.2, -0.15) is 8.82 Å². The summed E-state index contributed by atoms with van der Waals surface area (Å²) in [4.78, 5) is 17.2. The number of amides is 1. The first kappa shape index (κ1) is 22.1. The summed E-state index contributed by atoms with van der Waals surface area (Å²) in [5.41, 5.74) is 0.694. The Morgan fingerprint density at radius 1 is 0.970 bits per heavy atom. The average molecular weight is 490 g/mol. The van der Waals surface area contributed by atoms with Crippen LogP contribution < -0.4 is 4.90 Å². The Labute approximate surface area is 196 Å². The van der Waals surface area contributed by atoms with Crippen LogP contribution >= 0.6 is 11.6 Å². The molecule has 33 heavy (non-hydrogen) atoms. The van der Waals surface area contributed by atoms with Crippen LogP contribution in [-0.4, -0.2) is 82.6 Å². The van der Waals surface area contributed by atoms with Crippen molar-refractivity contribution < 1.29 is 13.2 Å². The van der Waals surface area contributed by atoms with Gasteiger partial charge in [-0.15, -0.1) is 15.3 Å². The Hall–Kier alpha value is -2.76. The van der Waals surface area contributed by atoms with Crippen molar-refractivity contribution in [2.45, 2.75) is 17.7 Å². The minimum atomic E-state index is -3.68. The molecular weight excluding hydrogens is 466 g/mol. The van der Waals surface area contributed by atoms with E-state index >= 15 is 0 Å². The van der Waals surface area contributed by atoms with Crippen molar-refractivity contribution >= 4 is 39.0 Å². The van der Waals surface area contributed by atoms with E-state index in [4.69, 9.17) is 11.6 Å². The Morgan fingerprint density at radius 3 is 2.42 bits per heavy atom. The molecule has 0 aliphatic carbocycles. The summed E-state index contributed by atoms with van der Waals surface area (Å²) in [6.45, 7) is 2.76. The van der Waals surface area contributed by atoms with Gasteiger partial charge in [0.1, 0.15) is 17.0 Å². The summed E-state index contributed by atoms with van der Waals surface area (Å²) in [6, 6.07) is 10.2. The monoisotopic (exact) mass is 489 g/mol. The molecule has 1 amide bonds. The van der Waals surface area contributed by atoms with Crippen molar-refractivity contribution in [3.63, 3.8) is 0 Å². The third kappa shape index (κ3) is 4.28. The van der Waals surface area contributed by atoms with Gasteiger partial charge in [-0.3, -0.25) is 4.79 Å². The third-order valence-corrected chi connectivity index (χ3v) is 8.72. The lowest BCUT2D eigenvalue weighted by Gasteiger charge is -2.38. The van der Waals surface area contributed by atoms with Gasteiger partial charge in [0.15, 0.2) is 5.65 Å². The second-order valence-electron chi connectivity index (χ2n) is 8.25. The number of hydrogen-bond acceptors (Lipinski definition) is 7. The molecule has 174 valence electrons. The number of rotatable bonds is 4. The lowest BCUT2D eigenvalue weighted by atomic mass is 9.95. The van der Waals surface area contributed by atoms with Crippen molar-refractivity contribution in [1.29, 1.82) is 0 Å². The van der Waals surface area contributed by atoms with E-state index in [1.54, 1.807) is 33.9 Å². The van der Waals surface area contributed by atoms with Gasteiger partial charge in [0.05, 0.1) is 5.02 Å². The van der Waals surface area contributed by atoms with Crippen LogP contribution in [0, 0.1) is 5.92 Å². The molecule has 2 aromatic heterocycles. The lowest BCUT2D eigenvalue weighted by molar-refractivity contribution is -0.137. The Balaban J connectivity index is 1.17. The largest absolute Gasteiger partial charge is 0.355 e. The van der Waals surface area contributed by atoms with Gasteiger partial charge in [0, 0.05) is 45.2 Å². The minimum Gasteiger partial charge on any atom is -0.355 e. The number of sulfonamides is 1. The van der Waals surface area contributed by atoms with E-state index in [1.807, 2.05) is 12.1 Å². The van der Waals surface area contributed by atoms with E-state index in [0.29, 0.717) is 18.7 Å². The van der Waals surface area contributed by atoms with Crippen LogP contribution in [0.1, 0.15) is 12.8 Å². The summed E-state index contributed by atoms with van der Waals surface area (Å²) in [5.74, 6) is 0.880. The highest BCUT2D eigenvalue weighted by molar-refractivity contribution is 7.89. The number of benzene rings is 1. The van der Waals surface area contributed by atoms with Crippen LogP contribution in [0.2, 0.25) is 5.02 Å². The van der Waals surface area contributed by atoms with E-state index in [0.717, 1.165) is 31.7 Å². The standard InChI is InChI=1S/C21H24ClN7O3S/c22-17-3-1-2-4-18(17)33(31,32)28-13-11-27(12-14-28)21(30)16-7-9-26(10-8-16)20-6-5-19-24-23-15-29(19)25-20/h1-6,15-16H,7-14H2. The Bertz CT molecular complexity index is 1270. The number of hydrogen-bond donors (Lipinski definition) is 0. The number of carbonyl (C=O) groups is 1. The van der Waals surface area contributed by atoms with Crippen molar-refractivity contribution in [1.82, 2.24) is 29.0 Å². The van der Waals surface area contributed by atoms with E-state index in [1.165, 1.54) is 10.4 Å². The number of nitrogens with zero attached hydrogens (tertiary/aromatic N) is 7. The molecule has 2 fully saturated rings. The molecule has 2 aliphatic rings. The average Bonchev–Trinajstić information content (AvgIpc) is 3.32. The van der Waals surface area contributed by atoms with Gasteiger partial charge < -0.3 is 9.80 Å². The minimum absolute atomic E-state index is 0.0633. The maximum atomic E-state index is 13.1. The molecule has 4 heterocycles. The fraction of sp³-hybridized carbons (Fsp3) is 0.429. The maximum absolute atomic E-state index is 13.1. The molecular formula is C21H24ClN7O3S. The number of piperidine rings is 1. The molecule has 1 aromatic carbocycles. The number of aromatic nitrogens is 4. The molecule has 0 bridgehead atoms. The first-order valence-corrected chi connectivity index (χ1v) is 12.7. The molecule has 5 rings (SSSR count). The summed E-state index contributed by atoms with van der Waals surface area (Å²) >= 11 is 6.10. The fourth-order valence-electron chi connectivity index (χ4n) is 4.44. The number of anilines is 1. The Kier molecular flexibility index (Phi) is 5.94. The first-order valence-electron chi connectivity index (χ1n) is 10.9. The van der Waals surface area contributed by atoms with E-state index in [9.17, 15) is 13.2 Å². The molecule has 3 aromatic rings. The molecule has 0 N–H and O–H groups in total. The van der Waals surface area contributed by atoms with Crippen LogP contribution in [0.15, 0.2) is 47.6 Å². The van der Waals surface area contributed by atoms with Crippen LogP contribution in [0.3, 0.4) is 0 Å². The number of halogens is 1. The maximum Gasteiger partial charge on any atom is 0.244 e. The zero-order valence-corrected chi connectivity index (χ0v) is 19.5. The summed E-state index contributed by atoms with van der Waals surface area (Å²) < 4.78 is 28.9. The summed E-state index contributed by atoms with van der Waals surface area (Å²) in [7, 11) is -3.68. The molecule has 0 radical (unpaired) electrons. The van der Waals surface area contributed by atoms with Crippen LogP contribution in [0.25, 0.3) is 5.65 Å². The third-order valence-electron chi connectivity index (χ3n) is 6.32. The smallest absolute Gasteiger partial charge is 0.244 e. The highest BCUT2D eigenvalue weighted by Gasteiger charge is 2.34. The number of carbonyl (C=O) groups excluding carboxylic acids is 1. The normalized spacial score (nSPS) is 18.7. The first-order chi connectivity index (χ1) is 15.9. The highest BCUT2D eigenvalue weighted by Crippen LogP contribution is 2.27. The number of piperazine rings is 1. The predicted octanol–water partition coefficient (Wildman–Crippen LogP) is 1.53. The van der Waals surface area contributed by atoms with Gasteiger partial charge in [0.2, 0.25) is 15.9 Å². The molecule has 0 atom stereocenters. The lowest BCUT2D eigenvalue weighted by Crippen LogP contribution is -2.53. The summed E-state index contributed by atoms with van der Waals surface area (Å²) in [6.07, 6.45) is 3.04. The molecule has 0 unspecified atom stereocenters. The zero-order chi connectivity index (χ0) is 23.0. The van der Waals surface area contributed by atoms with Crippen LogP contribution in [0.4, 0.5) is 5.82 Å². The molecule has 2 saturated heterocycles. The number of fused-ring (bicyclic) bond motifs is 1. The van der Waals surface area contributed by atoms with Crippen molar-refractivity contribution in [3.05, 3.63) is 47.7 Å². The van der Waals surface area contributed by atoms with E-state index in [2.05, 4.69) is 20.2 Å². The summed E-state index contributed by atoms with van der Waals surface area (Å²) in [5, 5.41) is 12.6. The van der Waals surface area contributed by atoms with Gasteiger partial charge in [-0.05, 0) is 37.1 Å². The van der Waals surface area contributed by atoms with Gasteiger partial charge in [-0.25, -0.2) is 8.42 Å². The quantitative estimate of drug-likeness (QED) is 0.547. The van der Waals surface area contributed by atoms with Crippen molar-refractivity contribution in [2.75, 3.05) is 44.2 Å². The molecule has 10 nitrogen and oxygen atoms in total. The second kappa shape index (κ2) is 8.88. The molecule has 2 aliphatic heterocycles. The molecule has 12 heteroatoms. The van der Waals surface area contributed by atoms with Crippen LogP contribution in [-0.2, 0) is 14.8 Å². The topological polar surface area (TPSA) is 104 Å². The van der Waals surface area contributed by atoms with Gasteiger partial charge >= 0.3 is 0 Å². The SMILES string of the molecule is O=C(C1CCN(c2ccc3nncn3n2)CC1)N1CCN(S(=O)(=O)c2ccccc2Cl)CC1. The van der Waals surface area contributed by atoms with Crippen LogP contribution in [0.5, 0.6) is 0 Å². The Morgan fingerprint density at radius 2 is 1.70 bits per heavy atom. The molecule has 0 saturated carbocycles. The van der Waals surface area contributed by atoms with Gasteiger partial charge in [0.25, 0.3) is 0 Å². The molecule has 0 spiro atoms. The fourth-order valence-corrected chi connectivity index (χ4v) is 6.36. The highest BCUT2D eigenvalue weighted by atomic mass is 35.5. The van der Waals surface area contributed by atoms with E-state index in [-0.39, 0.29) is 34.8 Å². The van der Waals surface area contributed by atoms with Crippen molar-refractivity contribution in [3.8, 4) is 0 Å². The van der Waals surface area contributed by atoms with E-state index < -0.39 is 10.0 Å². The zero-order valence-electron chi connectivity index (χ0n) is 17.9. The van der Waals surface area contributed by atoms with Gasteiger partial charge in [-0.1, -0.05) is 23.7 Å². The van der Waals surface area contributed by atoms with Crippen molar-refractivity contribution in [2.24, 2.45) is 5.92 Å².